The molecule has 2 aliphatic rings. The number of aryl methyl sites for hydroxylation is 1. The fraction of sp³-hybridized carbons (Fsp3) is 0.362. The first kappa shape index (κ1) is 35.2. The SMILES string of the molecule is Cc1cc2c3c(c1)N(c1ccc(C(C)(C)C)cc1)c1ccc(C(C)(C)C)cc1B3c1cc(C(C)(C)C)ccc1N2c1ccc(C(C)(C)C)cc1.[2H][B]. The zero-order chi connectivity index (χ0) is 38.1. The van der Waals surface area contributed by atoms with Crippen LogP contribution in [0.3, 0.4) is 0 Å². The van der Waals surface area contributed by atoms with Gasteiger partial charge in [0.2, 0.25) is 0 Å². The zero-order valence-electron chi connectivity index (χ0n) is 34.3. The van der Waals surface area contributed by atoms with Gasteiger partial charge in [-0.2, -0.15) is 0 Å². The molecular weight excluding hydrogens is 614 g/mol. The van der Waals surface area contributed by atoms with Crippen LogP contribution >= 0.6 is 0 Å². The van der Waals surface area contributed by atoms with Crippen molar-refractivity contribution in [2.75, 3.05) is 9.80 Å². The molecular formula is C47H56B2N2. The molecule has 2 nitrogen and oxygen atoms in total. The minimum absolute atomic E-state index is 0.0240. The molecule has 0 amide bonds. The first-order valence-electron chi connectivity index (χ1n) is 19.1. The largest absolute Gasteiger partial charge is 0.311 e. The van der Waals surface area contributed by atoms with Crippen LogP contribution in [-0.2, 0) is 21.7 Å². The van der Waals surface area contributed by atoms with Crippen LogP contribution in [0.1, 0.15) is 111 Å². The Balaban J connectivity index is 0.00000228. The van der Waals surface area contributed by atoms with Crippen molar-refractivity contribution in [2.45, 2.75) is 112 Å². The van der Waals surface area contributed by atoms with Crippen molar-refractivity contribution in [1.82, 2.24) is 0 Å². The third kappa shape index (κ3) is 6.34. The van der Waals surface area contributed by atoms with Crippen LogP contribution in [0.5, 0.6) is 0 Å². The Morgan fingerprint density at radius 2 is 0.745 bits per heavy atom. The molecule has 0 fully saturated rings. The molecule has 0 saturated carbocycles. The van der Waals surface area contributed by atoms with Crippen LogP contribution in [0.15, 0.2) is 97.1 Å². The Labute approximate surface area is 312 Å². The quantitative estimate of drug-likeness (QED) is 0.169. The molecule has 0 aromatic heterocycles. The molecule has 7 rings (SSSR count). The third-order valence-electron chi connectivity index (χ3n) is 10.9. The van der Waals surface area contributed by atoms with Crippen molar-refractivity contribution in [2.24, 2.45) is 0 Å². The summed E-state index contributed by atoms with van der Waals surface area (Å²) in [6.45, 7) is 30.1. The van der Waals surface area contributed by atoms with Gasteiger partial charge in [0.25, 0.3) is 6.71 Å². The molecule has 5 aromatic rings. The average Bonchev–Trinajstić information content (AvgIpc) is 3.07. The molecule has 260 valence electrons. The van der Waals surface area contributed by atoms with Crippen molar-refractivity contribution in [1.29, 1.82) is 1.34 Å². The molecule has 0 N–H and O–H groups in total. The van der Waals surface area contributed by atoms with E-state index in [1.807, 2.05) is 0 Å². The molecule has 2 radical (unpaired) electrons. The Morgan fingerprint density at radius 1 is 0.431 bits per heavy atom. The molecule has 0 saturated heterocycles. The Morgan fingerprint density at radius 3 is 1.06 bits per heavy atom. The Kier molecular flexibility index (Phi) is 8.44. The van der Waals surface area contributed by atoms with Gasteiger partial charge in [0.15, 0.2) is 0 Å². The Hall–Kier alpha value is -4.17. The highest BCUT2D eigenvalue weighted by Gasteiger charge is 2.44. The van der Waals surface area contributed by atoms with Crippen molar-refractivity contribution >= 4 is 65.6 Å². The number of rotatable bonds is 2. The lowest BCUT2D eigenvalue weighted by atomic mass is 9.33. The van der Waals surface area contributed by atoms with Crippen LogP contribution < -0.4 is 26.2 Å². The lowest BCUT2D eigenvalue weighted by Gasteiger charge is -2.45. The first-order chi connectivity index (χ1) is 24.2. The molecule has 51 heavy (non-hydrogen) atoms. The molecule has 0 spiro atoms. The topological polar surface area (TPSA) is 6.48 Å². The van der Waals surface area contributed by atoms with E-state index >= 15 is 0 Å². The second-order valence-electron chi connectivity index (χ2n) is 19.0. The van der Waals surface area contributed by atoms with Crippen LogP contribution in [0.4, 0.5) is 34.1 Å². The van der Waals surface area contributed by atoms with Gasteiger partial charge < -0.3 is 9.80 Å². The minimum atomic E-state index is 0.0240. The maximum absolute atomic E-state index is 5.25. The predicted octanol–water partition coefficient (Wildman–Crippen LogP) is 10.6. The summed E-state index contributed by atoms with van der Waals surface area (Å²) < 4.78 is 5.25. The highest BCUT2D eigenvalue weighted by Crippen LogP contribution is 2.46. The lowest BCUT2D eigenvalue weighted by Crippen LogP contribution is -2.61. The van der Waals surface area contributed by atoms with Crippen LogP contribution in [-0.4, -0.2) is 16.4 Å². The average molecular weight is 672 g/mol. The Bertz CT molecular complexity index is 1960. The molecule has 0 aliphatic carbocycles. The molecule has 0 bridgehead atoms. The summed E-state index contributed by atoms with van der Waals surface area (Å²) in [6, 6.07) is 38.0. The van der Waals surface area contributed by atoms with E-state index < -0.39 is 0 Å². The van der Waals surface area contributed by atoms with Crippen molar-refractivity contribution < 1.29 is 0 Å². The van der Waals surface area contributed by atoms with E-state index in [-0.39, 0.29) is 28.4 Å². The van der Waals surface area contributed by atoms with Gasteiger partial charge in [-0.05, 0) is 123 Å². The number of fused-ring (bicyclic) bond motifs is 4. The number of nitrogens with zero attached hydrogens (tertiary/aromatic N) is 2. The smallest absolute Gasteiger partial charge is 0.252 e. The summed E-state index contributed by atoms with van der Waals surface area (Å²) in [5.74, 6) is 0. The van der Waals surface area contributed by atoms with Crippen LogP contribution in [0.2, 0.25) is 0 Å². The van der Waals surface area contributed by atoms with Gasteiger partial charge in [-0.3, -0.25) is 0 Å². The van der Waals surface area contributed by atoms with Crippen molar-refractivity contribution in [3.05, 3.63) is 125 Å². The highest BCUT2D eigenvalue weighted by molar-refractivity contribution is 7.00. The summed E-state index contributed by atoms with van der Waals surface area (Å²) in [7, 11) is 3.75. The van der Waals surface area contributed by atoms with E-state index in [4.69, 9.17) is 1.34 Å². The molecule has 0 unspecified atom stereocenters. The van der Waals surface area contributed by atoms with Gasteiger partial charge in [0.1, 0.15) is 0 Å². The van der Waals surface area contributed by atoms with Gasteiger partial charge in [0, 0.05) is 42.5 Å². The lowest BCUT2D eigenvalue weighted by molar-refractivity contribution is 0.590. The number of benzene rings is 5. The minimum Gasteiger partial charge on any atom is -0.311 e. The summed E-state index contributed by atoms with van der Waals surface area (Å²) in [6.07, 6.45) is 0. The van der Waals surface area contributed by atoms with Gasteiger partial charge in [-0.1, -0.05) is 132 Å². The van der Waals surface area contributed by atoms with Gasteiger partial charge in [0.05, 0.1) is 0 Å². The van der Waals surface area contributed by atoms with Crippen molar-refractivity contribution in [3.8, 4) is 0 Å². The summed E-state index contributed by atoms with van der Waals surface area (Å²) in [4.78, 5) is 5.08. The van der Waals surface area contributed by atoms with E-state index in [9.17, 15) is 0 Å². The predicted molar refractivity (Wildman–Crippen MR) is 227 cm³/mol. The summed E-state index contributed by atoms with van der Waals surface area (Å²) >= 11 is 0. The summed E-state index contributed by atoms with van der Waals surface area (Å²) in [5, 5.41) is 0. The summed E-state index contributed by atoms with van der Waals surface area (Å²) in [5.41, 5.74) is 18.5. The third-order valence-corrected chi connectivity index (χ3v) is 10.9. The standard InChI is InChI=1S/C47H55BN2.BH/c1-30-26-41-43-42(27-30)50(36-22-16-32(17-23-36)45(5,6)7)40-25-19-34(47(11,12)13)29-38(40)48(43)37-28-33(46(8,9)10)18-24-39(37)49(41)35-20-14-31(15-21-35)44(2,3)4;/h14-29H,1-13H3;1H/i;1D. The second kappa shape index (κ2) is 12.2. The first-order valence-corrected chi connectivity index (χ1v) is 18.5. The highest BCUT2D eigenvalue weighted by atomic mass is 15.2. The maximum Gasteiger partial charge on any atom is 0.252 e. The fourth-order valence-electron chi connectivity index (χ4n) is 7.85. The van der Waals surface area contributed by atoms with Crippen LogP contribution in [0, 0.1) is 6.92 Å². The molecule has 2 heterocycles. The number of hydrogen-bond donors (Lipinski definition) is 0. The second-order valence-corrected chi connectivity index (χ2v) is 19.0. The monoisotopic (exact) mass is 671 g/mol. The van der Waals surface area contributed by atoms with Crippen molar-refractivity contribution in [3.63, 3.8) is 0 Å². The molecule has 0 atom stereocenters. The molecule has 4 heteroatoms. The zero-order valence-corrected chi connectivity index (χ0v) is 33.3. The van der Waals surface area contributed by atoms with E-state index in [0.717, 1.165) is 0 Å². The number of hydrogen-bond acceptors (Lipinski definition) is 2. The molecule has 2 aliphatic heterocycles. The van der Waals surface area contributed by atoms with E-state index in [1.54, 1.807) is 0 Å². The van der Waals surface area contributed by atoms with E-state index in [0.29, 0.717) is 0 Å². The van der Waals surface area contributed by atoms with E-state index in [1.165, 1.54) is 78.3 Å². The van der Waals surface area contributed by atoms with Gasteiger partial charge in [-0.15, -0.1) is 0 Å². The van der Waals surface area contributed by atoms with Crippen LogP contribution in [0.25, 0.3) is 0 Å². The number of anilines is 6. The fourth-order valence-corrected chi connectivity index (χ4v) is 7.85. The van der Waals surface area contributed by atoms with E-state index in [2.05, 4.69) is 205 Å². The van der Waals surface area contributed by atoms with Gasteiger partial charge in [-0.25, -0.2) is 0 Å². The van der Waals surface area contributed by atoms with Gasteiger partial charge >= 0.3 is 0 Å². The maximum atomic E-state index is 5.25. The molecule has 5 aromatic carbocycles. The normalized spacial score (nSPS) is 14.2.